The Labute approximate surface area is 101 Å². The van der Waals surface area contributed by atoms with Crippen LogP contribution in [0.3, 0.4) is 0 Å². The lowest BCUT2D eigenvalue weighted by Crippen LogP contribution is -2.17. The largest absolute Gasteiger partial charge is 0.284 e. The van der Waals surface area contributed by atoms with E-state index in [4.69, 9.17) is 11.6 Å². The van der Waals surface area contributed by atoms with Crippen molar-refractivity contribution in [3.8, 4) is 5.69 Å². The zero-order chi connectivity index (χ0) is 12.4. The molecule has 0 spiro atoms. The zero-order valence-corrected chi connectivity index (χ0v) is 9.36. The highest BCUT2D eigenvalue weighted by Gasteiger charge is 2.08. The summed E-state index contributed by atoms with van der Waals surface area (Å²) in [5.41, 5.74) is -0.189. The van der Waals surface area contributed by atoms with Gasteiger partial charge in [0.2, 0.25) is 0 Å². The number of rotatable bonds is 2. The van der Waals surface area contributed by atoms with Gasteiger partial charge in [-0.05, 0) is 30.3 Å². The Morgan fingerprint density at radius 2 is 1.76 bits per heavy atom. The summed E-state index contributed by atoms with van der Waals surface area (Å²) < 4.78 is 26.0. The molecule has 0 radical (unpaired) electrons. The van der Waals surface area contributed by atoms with Gasteiger partial charge in [-0.25, -0.2) is 8.78 Å². The van der Waals surface area contributed by atoms with Gasteiger partial charge in [-0.2, -0.15) is 0 Å². The number of pyridine rings is 1. The van der Waals surface area contributed by atoms with Crippen molar-refractivity contribution in [3.05, 3.63) is 63.5 Å². The molecule has 1 heterocycles. The Hall–Kier alpha value is -1.68. The summed E-state index contributed by atoms with van der Waals surface area (Å²) in [6, 6.07) is 8.70. The van der Waals surface area contributed by atoms with Crippen LogP contribution in [0.4, 0.5) is 8.78 Å². The first-order valence-electron chi connectivity index (χ1n) is 4.84. The number of nitrogens with zero attached hydrogens (tertiary/aromatic N) is 1. The van der Waals surface area contributed by atoms with Crippen LogP contribution in [0.1, 0.15) is 12.0 Å². The Balaban J connectivity index is 2.47. The highest BCUT2D eigenvalue weighted by molar-refractivity contribution is 6.30. The maximum atomic E-state index is 12.4. The molecule has 2 rings (SSSR count). The molecule has 0 unspecified atom stereocenters. The number of aromatic nitrogens is 1. The molecule has 2 nitrogen and oxygen atoms in total. The molecule has 0 fully saturated rings. The highest BCUT2D eigenvalue weighted by atomic mass is 35.5. The molecule has 0 amide bonds. The fourth-order valence-corrected chi connectivity index (χ4v) is 1.57. The van der Waals surface area contributed by atoms with Crippen molar-refractivity contribution < 1.29 is 8.78 Å². The van der Waals surface area contributed by atoms with Gasteiger partial charge in [0.1, 0.15) is 0 Å². The molecule has 0 aliphatic heterocycles. The molecule has 0 saturated heterocycles. The van der Waals surface area contributed by atoms with Crippen molar-refractivity contribution in [2.45, 2.75) is 6.43 Å². The second-order valence-electron chi connectivity index (χ2n) is 3.45. The molecule has 0 aliphatic carbocycles. The van der Waals surface area contributed by atoms with E-state index in [-0.39, 0.29) is 5.56 Å². The topological polar surface area (TPSA) is 22.0 Å². The average Bonchev–Trinajstić information content (AvgIpc) is 2.30. The molecule has 0 N–H and O–H groups in total. The maximum absolute atomic E-state index is 12.4. The number of hydrogen-bond acceptors (Lipinski definition) is 1. The van der Waals surface area contributed by atoms with Crippen LogP contribution in [-0.2, 0) is 0 Å². The molecule has 5 heteroatoms. The molecule has 0 aliphatic rings. The van der Waals surface area contributed by atoms with E-state index in [1.165, 1.54) is 16.8 Å². The van der Waals surface area contributed by atoms with Crippen LogP contribution in [-0.4, -0.2) is 4.57 Å². The molecule has 0 atom stereocenters. The SMILES string of the molecule is O=c1cc(C(F)F)ccn1-c1ccc(Cl)cc1. The van der Waals surface area contributed by atoms with E-state index in [1.807, 2.05) is 0 Å². The van der Waals surface area contributed by atoms with Gasteiger partial charge in [0.15, 0.2) is 0 Å². The van der Waals surface area contributed by atoms with Crippen LogP contribution < -0.4 is 5.56 Å². The number of benzene rings is 1. The van der Waals surface area contributed by atoms with Gasteiger partial charge in [-0.1, -0.05) is 11.6 Å². The van der Waals surface area contributed by atoms with Crippen LogP contribution in [0.15, 0.2) is 47.4 Å². The third-order valence-electron chi connectivity index (χ3n) is 2.30. The van der Waals surface area contributed by atoms with Crippen molar-refractivity contribution in [3.63, 3.8) is 0 Å². The van der Waals surface area contributed by atoms with Crippen LogP contribution in [0, 0.1) is 0 Å². The first-order chi connectivity index (χ1) is 8.08. The first-order valence-corrected chi connectivity index (χ1v) is 5.22. The van der Waals surface area contributed by atoms with Gasteiger partial charge in [0.25, 0.3) is 12.0 Å². The minimum Gasteiger partial charge on any atom is -0.284 e. The minimum absolute atomic E-state index is 0.278. The summed E-state index contributed by atoms with van der Waals surface area (Å²) in [6.07, 6.45) is -1.31. The first kappa shape index (κ1) is 11.8. The second kappa shape index (κ2) is 4.67. The molecule has 17 heavy (non-hydrogen) atoms. The zero-order valence-electron chi connectivity index (χ0n) is 8.61. The smallest absolute Gasteiger partial charge is 0.264 e. The van der Waals surface area contributed by atoms with Gasteiger partial charge < -0.3 is 0 Å². The van der Waals surface area contributed by atoms with Crippen LogP contribution in [0.25, 0.3) is 5.69 Å². The van der Waals surface area contributed by atoms with E-state index in [9.17, 15) is 13.6 Å². The number of hydrogen-bond donors (Lipinski definition) is 0. The maximum Gasteiger partial charge on any atom is 0.264 e. The van der Waals surface area contributed by atoms with Crippen molar-refractivity contribution in [1.29, 1.82) is 0 Å². The van der Waals surface area contributed by atoms with Crippen LogP contribution in [0.2, 0.25) is 5.02 Å². The van der Waals surface area contributed by atoms with E-state index < -0.39 is 12.0 Å². The summed E-state index contributed by atoms with van der Waals surface area (Å²) in [6.45, 7) is 0. The molecule has 0 bridgehead atoms. The fourth-order valence-electron chi connectivity index (χ4n) is 1.45. The van der Waals surface area contributed by atoms with Gasteiger partial charge in [-0.15, -0.1) is 0 Å². The monoisotopic (exact) mass is 255 g/mol. The molecule has 1 aromatic heterocycles. The third-order valence-corrected chi connectivity index (χ3v) is 2.55. The van der Waals surface area contributed by atoms with E-state index in [0.29, 0.717) is 10.7 Å². The fraction of sp³-hybridized carbons (Fsp3) is 0.0833. The Morgan fingerprint density at radius 3 is 2.29 bits per heavy atom. The lowest BCUT2D eigenvalue weighted by atomic mass is 10.2. The van der Waals surface area contributed by atoms with Crippen molar-refractivity contribution in [2.75, 3.05) is 0 Å². The van der Waals surface area contributed by atoms with Crippen LogP contribution in [0.5, 0.6) is 0 Å². The van der Waals surface area contributed by atoms with Gasteiger partial charge in [0.05, 0.1) is 0 Å². The van der Waals surface area contributed by atoms with Crippen molar-refractivity contribution in [2.24, 2.45) is 0 Å². The predicted octanol–water partition coefficient (Wildman–Crippen LogP) is 3.43. The average molecular weight is 256 g/mol. The molecular weight excluding hydrogens is 248 g/mol. The van der Waals surface area contributed by atoms with E-state index >= 15 is 0 Å². The summed E-state index contributed by atoms with van der Waals surface area (Å²) in [7, 11) is 0. The van der Waals surface area contributed by atoms with Crippen LogP contribution >= 0.6 is 11.6 Å². The van der Waals surface area contributed by atoms with Crippen molar-refractivity contribution >= 4 is 11.6 Å². The van der Waals surface area contributed by atoms with E-state index in [2.05, 4.69) is 0 Å². The molecule has 2 aromatic rings. The summed E-state index contributed by atoms with van der Waals surface area (Å²) in [5.74, 6) is 0. The highest BCUT2D eigenvalue weighted by Crippen LogP contribution is 2.17. The number of halogens is 3. The van der Waals surface area contributed by atoms with Crippen molar-refractivity contribution in [1.82, 2.24) is 4.57 Å². The Morgan fingerprint density at radius 1 is 1.12 bits per heavy atom. The van der Waals surface area contributed by atoms with E-state index in [1.54, 1.807) is 24.3 Å². The third kappa shape index (κ3) is 2.53. The molecule has 88 valence electrons. The normalized spacial score (nSPS) is 10.8. The molecule has 0 saturated carbocycles. The van der Waals surface area contributed by atoms with Gasteiger partial charge in [-0.3, -0.25) is 9.36 Å². The lowest BCUT2D eigenvalue weighted by molar-refractivity contribution is 0.151. The van der Waals surface area contributed by atoms with E-state index in [0.717, 1.165) is 6.07 Å². The van der Waals surface area contributed by atoms with Gasteiger partial charge in [0, 0.05) is 28.5 Å². The second-order valence-corrected chi connectivity index (χ2v) is 3.88. The van der Waals surface area contributed by atoms with Gasteiger partial charge >= 0.3 is 0 Å². The molecule has 1 aromatic carbocycles. The lowest BCUT2D eigenvalue weighted by Gasteiger charge is -2.06. The summed E-state index contributed by atoms with van der Waals surface area (Å²) in [5, 5.41) is 0.547. The Kier molecular flexibility index (Phi) is 3.24. The Bertz CT molecular complexity index is 578. The number of alkyl halides is 2. The summed E-state index contributed by atoms with van der Waals surface area (Å²) in [4.78, 5) is 11.6. The quantitative estimate of drug-likeness (QED) is 0.806. The summed E-state index contributed by atoms with van der Waals surface area (Å²) >= 11 is 5.72. The standard InChI is InChI=1S/C12H8ClF2NO/c13-9-1-3-10(4-2-9)16-6-5-8(12(14)15)7-11(16)17/h1-7,12H. The minimum atomic E-state index is -2.64. The molecular formula is C12H8ClF2NO. The predicted molar refractivity (Wildman–Crippen MR) is 62.0 cm³/mol.